The van der Waals surface area contributed by atoms with Crippen molar-refractivity contribution in [1.29, 1.82) is 0 Å². The summed E-state index contributed by atoms with van der Waals surface area (Å²) in [6.07, 6.45) is 0.711. The third kappa shape index (κ3) is 3.03. The predicted octanol–water partition coefficient (Wildman–Crippen LogP) is 3.62. The van der Waals surface area contributed by atoms with E-state index in [-0.39, 0.29) is 6.04 Å². The Morgan fingerprint density at radius 3 is 2.54 bits per heavy atom. The summed E-state index contributed by atoms with van der Waals surface area (Å²) in [5, 5.41) is 1.22. The van der Waals surface area contributed by atoms with E-state index in [1.54, 1.807) is 12.1 Å². The minimum Gasteiger partial charge on any atom is -0.324 e. The fourth-order valence-electron chi connectivity index (χ4n) is 1.08. The van der Waals surface area contributed by atoms with Crippen molar-refractivity contribution >= 4 is 34.8 Å². The molecule has 1 unspecified atom stereocenters. The Balaban J connectivity index is 2.88. The Bertz CT molecular complexity index is 288. The average molecular weight is 239 g/mol. The Kier molecular flexibility index (Phi) is 4.33. The molecule has 0 aromatic heterocycles. The molecule has 0 spiro atoms. The van der Waals surface area contributed by atoms with Gasteiger partial charge in [-0.1, -0.05) is 29.3 Å². The number of alkyl halides is 1. The van der Waals surface area contributed by atoms with Crippen molar-refractivity contribution in [3.8, 4) is 0 Å². The van der Waals surface area contributed by atoms with Gasteiger partial charge in [0.2, 0.25) is 0 Å². The number of rotatable bonds is 3. The normalized spacial score (nSPS) is 12.9. The molecule has 0 fully saturated rings. The molecule has 1 rings (SSSR count). The van der Waals surface area contributed by atoms with Gasteiger partial charge in [-0.05, 0) is 24.1 Å². The highest BCUT2D eigenvalue weighted by Crippen LogP contribution is 2.26. The maximum Gasteiger partial charge on any atom is 0.0468 e. The Hall–Kier alpha value is 0.0500. The quantitative estimate of drug-likeness (QED) is 0.800. The minimum absolute atomic E-state index is 0.109. The molecular formula is C9H10Cl3N. The second-order valence-corrected chi connectivity index (χ2v) is 3.97. The Morgan fingerprint density at radius 1 is 1.31 bits per heavy atom. The van der Waals surface area contributed by atoms with Gasteiger partial charge in [-0.15, -0.1) is 11.6 Å². The maximum absolute atomic E-state index is 5.95. The van der Waals surface area contributed by atoms with Crippen LogP contribution in [-0.4, -0.2) is 5.88 Å². The van der Waals surface area contributed by atoms with E-state index >= 15 is 0 Å². The summed E-state index contributed by atoms with van der Waals surface area (Å²) in [5.41, 5.74) is 6.74. The van der Waals surface area contributed by atoms with Gasteiger partial charge in [0.05, 0.1) is 0 Å². The smallest absolute Gasteiger partial charge is 0.0468 e. The first kappa shape index (κ1) is 11.1. The van der Waals surface area contributed by atoms with Crippen molar-refractivity contribution in [3.05, 3.63) is 33.8 Å². The third-order valence-electron chi connectivity index (χ3n) is 1.78. The molecular weight excluding hydrogens is 228 g/mol. The van der Waals surface area contributed by atoms with Gasteiger partial charge >= 0.3 is 0 Å². The molecule has 0 aliphatic heterocycles. The minimum atomic E-state index is -0.109. The van der Waals surface area contributed by atoms with Gasteiger partial charge in [0.25, 0.3) is 0 Å². The van der Waals surface area contributed by atoms with Crippen molar-refractivity contribution in [1.82, 2.24) is 0 Å². The standard InChI is InChI=1S/C9H10Cl3N/c10-4-3-9(13)7-2-1-6(11)5-8(7)12/h1-2,5,9H,3-4,13H2. The van der Waals surface area contributed by atoms with Crippen molar-refractivity contribution < 1.29 is 0 Å². The van der Waals surface area contributed by atoms with Crippen LogP contribution in [0.4, 0.5) is 0 Å². The molecule has 0 bridgehead atoms. The molecule has 0 saturated carbocycles. The van der Waals surface area contributed by atoms with Crippen molar-refractivity contribution in [2.24, 2.45) is 5.73 Å². The van der Waals surface area contributed by atoms with Crippen LogP contribution in [0.15, 0.2) is 18.2 Å². The van der Waals surface area contributed by atoms with Gasteiger partial charge in [0.15, 0.2) is 0 Å². The Morgan fingerprint density at radius 2 is 2.00 bits per heavy atom. The lowest BCUT2D eigenvalue weighted by atomic mass is 10.1. The largest absolute Gasteiger partial charge is 0.324 e. The summed E-state index contributed by atoms with van der Waals surface area (Å²) in [7, 11) is 0. The molecule has 72 valence electrons. The topological polar surface area (TPSA) is 26.0 Å². The number of hydrogen-bond acceptors (Lipinski definition) is 1. The summed E-state index contributed by atoms with van der Waals surface area (Å²) in [4.78, 5) is 0. The van der Waals surface area contributed by atoms with Gasteiger partial charge in [-0.2, -0.15) is 0 Å². The highest BCUT2D eigenvalue weighted by molar-refractivity contribution is 6.35. The second kappa shape index (κ2) is 5.06. The molecule has 0 aliphatic carbocycles. The van der Waals surface area contributed by atoms with Crippen LogP contribution in [0.3, 0.4) is 0 Å². The van der Waals surface area contributed by atoms with Crippen LogP contribution < -0.4 is 5.73 Å². The van der Waals surface area contributed by atoms with E-state index in [0.717, 1.165) is 5.56 Å². The molecule has 1 nitrogen and oxygen atoms in total. The predicted molar refractivity (Wildman–Crippen MR) is 58.7 cm³/mol. The van der Waals surface area contributed by atoms with Crippen molar-refractivity contribution in [2.45, 2.75) is 12.5 Å². The fourth-order valence-corrected chi connectivity index (χ4v) is 1.86. The summed E-state index contributed by atoms with van der Waals surface area (Å²) in [6, 6.07) is 5.19. The molecule has 13 heavy (non-hydrogen) atoms. The summed E-state index contributed by atoms with van der Waals surface area (Å²) >= 11 is 17.3. The molecule has 1 atom stereocenters. The number of benzene rings is 1. The van der Waals surface area contributed by atoms with Gasteiger partial charge in [0.1, 0.15) is 0 Å². The molecule has 0 aliphatic rings. The van der Waals surface area contributed by atoms with Crippen LogP contribution >= 0.6 is 34.8 Å². The molecule has 1 aromatic carbocycles. The third-order valence-corrected chi connectivity index (χ3v) is 2.56. The molecule has 1 aromatic rings. The first-order chi connectivity index (χ1) is 6.15. The first-order valence-corrected chi connectivity index (χ1v) is 5.20. The van der Waals surface area contributed by atoms with Crippen LogP contribution in [0.5, 0.6) is 0 Å². The highest BCUT2D eigenvalue weighted by atomic mass is 35.5. The lowest BCUT2D eigenvalue weighted by Gasteiger charge is -2.11. The summed E-state index contributed by atoms with van der Waals surface area (Å²) in [6.45, 7) is 0. The van der Waals surface area contributed by atoms with Gasteiger partial charge in [-0.25, -0.2) is 0 Å². The number of hydrogen-bond donors (Lipinski definition) is 1. The fraction of sp³-hybridized carbons (Fsp3) is 0.333. The highest BCUT2D eigenvalue weighted by Gasteiger charge is 2.09. The number of nitrogens with two attached hydrogens (primary N) is 1. The maximum atomic E-state index is 5.95. The van der Waals surface area contributed by atoms with Gasteiger partial charge < -0.3 is 5.73 Å². The Labute approximate surface area is 92.8 Å². The van der Waals surface area contributed by atoms with E-state index in [4.69, 9.17) is 40.5 Å². The molecule has 0 radical (unpaired) electrons. The lowest BCUT2D eigenvalue weighted by molar-refractivity contribution is 0.703. The zero-order valence-corrected chi connectivity index (χ0v) is 9.20. The van der Waals surface area contributed by atoms with Crippen LogP contribution in [0.1, 0.15) is 18.0 Å². The van der Waals surface area contributed by atoms with E-state index in [1.165, 1.54) is 0 Å². The molecule has 2 N–H and O–H groups in total. The zero-order valence-electron chi connectivity index (χ0n) is 6.93. The van der Waals surface area contributed by atoms with Gasteiger partial charge in [0, 0.05) is 22.0 Å². The van der Waals surface area contributed by atoms with Crippen LogP contribution in [0, 0.1) is 0 Å². The molecule has 0 heterocycles. The van der Waals surface area contributed by atoms with E-state index in [0.29, 0.717) is 22.3 Å². The van der Waals surface area contributed by atoms with E-state index in [2.05, 4.69) is 0 Å². The lowest BCUT2D eigenvalue weighted by Crippen LogP contribution is -2.11. The van der Waals surface area contributed by atoms with Crippen LogP contribution in [0.25, 0.3) is 0 Å². The zero-order chi connectivity index (χ0) is 9.84. The molecule has 4 heteroatoms. The van der Waals surface area contributed by atoms with Crippen LogP contribution in [0.2, 0.25) is 10.0 Å². The molecule has 0 amide bonds. The van der Waals surface area contributed by atoms with E-state index in [1.807, 2.05) is 6.07 Å². The second-order valence-electron chi connectivity index (χ2n) is 2.75. The van der Waals surface area contributed by atoms with Gasteiger partial charge in [-0.3, -0.25) is 0 Å². The average Bonchev–Trinajstić information content (AvgIpc) is 2.04. The first-order valence-electron chi connectivity index (χ1n) is 3.91. The van der Waals surface area contributed by atoms with Crippen molar-refractivity contribution in [2.75, 3.05) is 5.88 Å². The van der Waals surface area contributed by atoms with Crippen LogP contribution in [-0.2, 0) is 0 Å². The molecule has 0 saturated heterocycles. The SMILES string of the molecule is NC(CCCl)c1ccc(Cl)cc1Cl. The van der Waals surface area contributed by atoms with E-state index in [9.17, 15) is 0 Å². The summed E-state index contributed by atoms with van der Waals surface area (Å²) in [5.74, 6) is 0.528. The van der Waals surface area contributed by atoms with E-state index < -0.39 is 0 Å². The summed E-state index contributed by atoms with van der Waals surface area (Å²) < 4.78 is 0. The van der Waals surface area contributed by atoms with Crippen molar-refractivity contribution in [3.63, 3.8) is 0 Å². The monoisotopic (exact) mass is 237 g/mol. The number of halogens is 3.